The van der Waals surface area contributed by atoms with Gasteiger partial charge in [-0.2, -0.15) is 9.56 Å². The van der Waals surface area contributed by atoms with Crippen molar-refractivity contribution in [1.29, 1.82) is 0 Å². The van der Waals surface area contributed by atoms with Gasteiger partial charge in [-0.05, 0) is 56.0 Å². The van der Waals surface area contributed by atoms with Crippen LogP contribution in [0.4, 0.5) is 24.7 Å². The van der Waals surface area contributed by atoms with E-state index in [1.165, 1.54) is 27.3 Å². The molecule has 3 heterocycles. The third kappa shape index (κ3) is 7.27. The normalized spacial score (nSPS) is 18.5. The van der Waals surface area contributed by atoms with Gasteiger partial charge in [-0.15, -0.1) is 13.2 Å². The number of benzene rings is 2. The van der Waals surface area contributed by atoms with Crippen molar-refractivity contribution in [3.63, 3.8) is 0 Å². The van der Waals surface area contributed by atoms with Gasteiger partial charge in [0.1, 0.15) is 12.3 Å². The fraction of sp³-hybridized carbons (Fsp3) is 0.393. The zero-order valence-corrected chi connectivity index (χ0v) is 24.3. The van der Waals surface area contributed by atoms with Gasteiger partial charge in [0.15, 0.2) is 6.29 Å². The Kier molecular flexibility index (Phi) is 9.43. The number of alkyl halides is 3. The van der Waals surface area contributed by atoms with Crippen LogP contribution in [0.2, 0.25) is 5.02 Å². The molecule has 42 heavy (non-hydrogen) atoms. The first-order chi connectivity index (χ1) is 20.1. The second-order valence-corrected chi connectivity index (χ2v) is 11.4. The highest BCUT2D eigenvalue weighted by Crippen LogP contribution is 2.28. The maximum Gasteiger partial charge on any atom is 0.573 e. The molecule has 1 fully saturated rings. The Morgan fingerprint density at radius 3 is 2.67 bits per heavy atom. The van der Waals surface area contributed by atoms with Gasteiger partial charge in [0.2, 0.25) is 0 Å². The van der Waals surface area contributed by atoms with Gasteiger partial charge in [-0.25, -0.2) is 14.3 Å². The van der Waals surface area contributed by atoms with Crippen molar-refractivity contribution in [3.05, 3.63) is 80.0 Å². The number of quaternary nitrogens is 1. The van der Waals surface area contributed by atoms with Gasteiger partial charge in [-0.1, -0.05) is 29.8 Å². The smallest absolute Gasteiger partial charge is 0.406 e. The highest BCUT2D eigenvalue weighted by atomic mass is 35.5. The Balaban J connectivity index is 1.43. The first kappa shape index (κ1) is 30.4. The van der Waals surface area contributed by atoms with Crippen LogP contribution in [0.5, 0.6) is 5.75 Å². The minimum absolute atomic E-state index is 0.152. The van der Waals surface area contributed by atoms with Crippen LogP contribution in [-0.4, -0.2) is 40.2 Å². The van der Waals surface area contributed by atoms with Crippen LogP contribution in [0.3, 0.4) is 0 Å². The molecule has 2 atom stereocenters. The van der Waals surface area contributed by atoms with E-state index in [0.29, 0.717) is 57.7 Å². The summed E-state index contributed by atoms with van der Waals surface area (Å²) in [6.07, 6.45) is -1.81. The van der Waals surface area contributed by atoms with Gasteiger partial charge >= 0.3 is 28.6 Å². The number of amidine groups is 1. The summed E-state index contributed by atoms with van der Waals surface area (Å²) >= 11 is 7.21. The predicted molar refractivity (Wildman–Crippen MR) is 150 cm³/mol. The summed E-state index contributed by atoms with van der Waals surface area (Å²) in [4.78, 5) is 31.3. The molecule has 9 nitrogen and oxygen atoms in total. The van der Waals surface area contributed by atoms with Crippen molar-refractivity contribution in [2.24, 2.45) is 7.05 Å². The molecule has 14 heteroatoms. The number of nitrogens with one attached hydrogen (secondary N) is 2. The monoisotopic (exact) mass is 626 g/mol. The summed E-state index contributed by atoms with van der Waals surface area (Å²) in [5, 5.41) is 1.08. The fourth-order valence-corrected chi connectivity index (χ4v) is 6.00. The summed E-state index contributed by atoms with van der Waals surface area (Å²) in [6, 6.07) is 12.7. The topological polar surface area (TPSA) is 90.1 Å². The van der Waals surface area contributed by atoms with E-state index in [4.69, 9.17) is 21.1 Å². The molecule has 0 amide bonds. The molecule has 2 aliphatic rings. The lowest BCUT2D eigenvalue weighted by atomic mass is 10.2. The van der Waals surface area contributed by atoms with E-state index in [-0.39, 0.29) is 18.6 Å². The van der Waals surface area contributed by atoms with Crippen molar-refractivity contribution >= 4 is 40.0 Å². The number of hydrogen-bond acceptors (Lipinski definition) is 6. The number of rotatable bonds is 9. The molecule has 0 saturated carbocycles. The average molecular weight is 627 g/mol. The molecule has 1 aromatic heterocycles. The van der Waals surface area contributed by atoms with Crippen LogP contribution in [0.25, 0.3) is 0 Å². The SMILES string of the molecule is Cn1c2c(c(=O)n(CCCOC3CCCCO3)c1=O)[NH+](Cc1ccc(Cl)cc1)C(Sc1cccc(OC(F)(F)F)c1)=[NH+]2. The van der Waals surface area contributed by atoms with E-state index in [0.717, 1.165) is 36.6 Å². The second kappa shape index (κ2) is 13.0. The molecule has 0 spiro atoms. The quantitative estimate of drug-likeness (QED) is 0.355. The number of nitrogens with zero attached hydrogens (tertiary/aromatic N) is 2. The Morgan fingerprint density at radius 1 is 1.17 bits per heavy atom. The van der Waals surface area contributed by atoms with Gasteiger partial charge in [0.25, 0.3) is 5.69 Å². The number of thioether (sulfide) groups is 1. The summed E-state index contributed by atoms with van der Waals surface area (Å²) in [7, 11) is 1.57. The van der Waals surface area contributed by atoms with Crippen molar-refractivity contribution < 1.29 is 37.3 Å². The summed E-state index contributed by atoms with van der Waals surface area (Å²) < 4.78 is 56.5. The van der Waals surface area contributed by atoms with Crippen LogP contribution in [0.1, 0.15) is 31.2 Å². The molecule has 2 aromatic carbocycles. The fourth-order valence-electron chi connectivity index (χ4n) is 4.87. The van der Waals surface area contributed by atoms with E-state index in [1.54, 1.807) is 25.2 Å². The molecule has 5 rings (SSSR count). The molecular formula is C28H30ClF3N4O5S+2. The summed E-state index contributed by atoms with van der Waals surface area (Å²) in [5.41, 5.74) is 0.242. The van der Waals surface area contributed by atoms with Crippen LogP contribution in [0.15, 0.2) is 63.0 Å². The van der Waals surface area contributed by atoms with E-state index >= 15 is 0 Å². The zero-order valence-electron chi connectivity index (χ0n) is 22.7. The van der Waals surface area contributed by atoms with Gasteiger partial charge in [0.05, 0.1) is 13.7 Å². The molecule has 0 aliphatic carbocycles. The predicted octanol–water partition coefficient (Wildman–Crippen LogP) is 2.62. The maximum atomic E-state index is 13.8. The largest absolute Gasteiger partial charge is 0.573 e. The van der Waals surface area contributed by atoms with Crippen molar-refractivity contribution in [2.75, 3.05) is 13.2 Å². The Labute approximate surface area is 248 Å². The van der Waals surface area contributed by atoms with E-state index in [2.05, 4.69) is 9.73 Å². The lowest BCUT2D eigenvalue weighted by molar-refractivity contribution is -0.752. The maximum absolute atomic E-state index is 13.8. The number of ether oxygens (including phenoxy) is 3. The minimum Gasteiger partial charge on any atom is -0.406 e. The Bertz CT molecular complexity index is 1570. The average Bonchev–Trinajstić information content (AvgIpc) is 3.30. The molecule has 3 aromatic rings. The summed E-state index contributed by atoms with van der Waals surface area (Å²) in [5.74, 6) is -0.0410. The summed E-state index contributed by atoms with van der Waals surface area (Å²) in [6.45, 7) is 1.46. The van der Waals surface area contributed by atoms with E-state index in [9.17, 15) is 22.8 Å². The molecule has 0 radical (unpaired) electrons. The van der Waals surface area contributed by atoms with Crippen molar-refractivity contribution in [2.45, 2.75) is 56.3 Å². The first-order valence-electron chi connectivity index (χ1n) is 13.4. The van der Waals surface area contributed by atoms with Crippen molar-refractivity contribution in [3.8, 4) is 5.75 Å². The van der Waals surface area contributed by atoms with E-state index in [1.807, 2.05) is 12.1 Å². The highest BCUT2D eigenvalue weighted by Gasteiger charge is 2.42. The molecule has 2 N–H and O–H groups in total. The lowest BCUT2D eigenvalue weighted by Gasteiger charge is -2.22. The van der Waals surface area contributed by atoms with Crippen LogP contribution in [0, 0.1) is 0 Å². The lowest BCUT2D eigenvalue weighted by Crippen LogP contribution is -3.11. The molecular weight excluding hydrogens is 597 g/mol. The minimum atomic E-state index is -4.83. The third-order valence-electron chi connectivity index (χ3n) is 6.88. The second-order valence-electron chi connectivity index (χ2n) is 9.90. The zero-order chi connectivity index (χ0) is 29.9. The van der Waals surface area contributed by atoms with Crippen LogP contribution < -0.4 is 25.9 Å². The molecule has 2 aliphatic heterocycles. The Morgan fingerprint density at radius 2 is 1.95 bits per heavy atom. The van der Waals surface area contributed by atoms with Crippen molar-refractivity contribution in [1.82, 2.24) is 9.13 Å². The standard InChI is InChI=1S/C28H28ClF3N4O5S/c1-34-24-23(25(37)35(27(34)38)13-5-15-40-22-8-2-3-14-39-22)36(17-18-9-11-19(29)12-10-18)26(33-24)42-21-7-4-6-20(16-21)41-28(30,31)32/h4,6-7,9-12,16,22H,2-3,5,8,13-15,17H2,1H3/p+2. The van der Waals surface area contributed by atoms with Gasteiger partial charge < -0.3 is 14.2 Å². The molecule has 224 valence electrons. The molecule has 0 bridgehead atoms. The highest BCUT2D eigenvalue weighted by molar-refractivity contribution is 8.13. The number of fused-ring (bicyclic) bond motifs is 1. The molecule has 1 saturated heterocycles. The van der Waals surface area contributed by atoms with Gasteiger partial charge in [-0.3, -0.25) is 4.79 Å². The Hall–Kier alpha value is -3.10. The van der Waals surface area contributed by atoms with E-state index < -0.39 is 17.6 Å². The first-order valence-corrected chi connectivity index (χ1v) is 14.6. The number of halogens is 4. The number of aromatic nitrogens is 2. The van der Waals surface area contributed by atoms with Crippen LogP contribution >= 0.6 is 23.4 Å². The van der Waals surface area contributed by atoms with Crippen LogP contribution in [-0.2, 0) is 29.6 Å². The molecule has 2 unspecified atom stereocenters. The van der Waals surface area contributed by atoms with Gasteiger partial charge in [0, 0.05) is 40.4 Å². The third-order valence-corrected chi connectivity index (χ3v) is 8.17. The number of hydrogen-bond donors (Lipinski definition) is 2.